The highest BCUT2D eigenvalue weighted by Gasteiger charge is 2.34. The molecule has 2 N–H and O–H groups in total. The van der Waals surface area contributed by atoms with Gasteiger partial charge in [0.05, 0.1) is 23.9 Å². The minimum Gasteiger partial charge on any atom is -0.477 e. The van der Waals surface area contributed by atoms with E-state index in [-0.39, 0.29) is 24.9 Å². The van der Waals surface area contributed by atoms with Gasteiger partial charge in [0.1, 0.15) is 12.3 Å². The van der Waals surface area contributed by atoms with Crippen LogP contribution in [-0.2, 0) is 14.4 Å². The Morgan fingerprint density at radius 3 is 2.82 bits per heavy atom. The van der Waals surface area contributed by atoms with Gasteiger partial charge in [-0.3, -0.25) is 14.4 Å². The number of hydrogen-bond donors (Lipinski definition) is 1. The van der Waals surface area contributed by atoms with E-state index in [0.29, 0.717) is 23.1 Å². The number of primary amides is 1. The predicted molar refractivity (Wildman–Crippen MR) is 81.4 cm³/mol. The van der Waals surface area contributed by atoms with Gasteiger partial charge in [-0.25, -0.2) is 0 Å². The first-order chi connectivity index (χ1) is 10.6. The van der Waals surface area contributed by atoms with Gasteiger partial charge in [-0.15, -0.1) is 11.8 Å². The number of nitrogens with two attached hydrogens (primary N) is 1. The number of thioether (sulfide) groups is 1. The number of amides is 3. The van der Waals surface area contributed by atoms with Crippen molar-refractivity contribution in [1.29, 1.82) is 0 Å². The number of benzene rings is 1. The van der Waals surface area contributed by atoms with Gasteiger partial charge in [-0.1, -0.05) is 12.1 Å². The summed E-state index contributed by atoms with van der Waals surface area (Å²) in [5.74, 6) is 0.421. The van der Waals surface area contributed by atoms with Gasteiger partial charge >= 0.3 is 0 Å². The van der Waals surface area contributed by atoms with Crippen molar-refractivity contribution in [3.63, 3.8) is 0 Å². The van der Waals surface area contributed by atoms with Gasteiger partial charge in [-0.2, -0.15) is 0 Å². The SMILES string of the molecule is NC(=O)C1CN(C(=O)CN2CSCC2=O)c2ccccc2O1. The standard InChI is InChI=1S/C14H15N3O4S/c15-14(20)11-5-17(9-3-1-2-4-10(9)21-11)12(18)6-16-8-22-7-13(16)19/h1-4,11H,5-8H2,(H2,15,20). The van der Waals surface area contributed by atoms with Crippen LogP contribution in [-0.4, -0.2) is 53.4 Å². The Hall–Kier alpha value is -2.22. The van der Waals surface area contributed by atoms with Crippen molar-refractivity contribution in [3.05, 3.63) is 24.3 Å². The van der Waals surface area contributed by atoms with E-state index in [1.54, 1.807) is 24.3 Å². The van der Waals surface area contributed by atoms with Crippen molar-refractivity contribution >= 4 is 35.2 Å². The minimum absolute atomic E-state index is 0.00828. The number of para-hydroxylation sites is 2. The molecule has 8 heteroatoms. The molecule has 2 aliphatic rings. The summed E-state index contributed by atoms with van der Waals surface area (Å²) < 4.78 is 5.51. The van der Waals surface area contributed by atoms with Crippen LogP contribution in [0.4, 0.5) is 5.69 Å². The van der Waals surface area contributed by atoms with E-state index in [4.69, 9.17) is 10.5 Å². The monoisotopic (exact) mass is 321 g/mol. The molecular weight excluding hydrogens is 306 g/mol. The second-order valence-electron chi connectivity index (χ2n) is 5.05. The highest BCUT2D eigenvalue weighted by molar-refractivity contribution is 8.00. The Bertz CT molecular complexity index is 636. The number of nitrogens with zero attached hydrogens (tertiary/aromatic N) is 2. The van der Waals surface area contributed by atoms with E-state index < -0.39 is 12.0 Å². The molecule has 1 saturated heterocycles. The number of carbonyl (C=O) groups excluding carboxylic acids is 3. The Labute approximate surface area is 131 Å². The fourth-order valence-electron chi connectivity index (χ4n) is 2.41. The molecule has 1 unspecified atom stereocenters. The van der Waals surface area contributed by atoms with Gasteiger partial charge in [0.15, 0.2) is 6.10 Å². The lowest BCUT2D eigenvalue weighted by molar-refractivity contribution is -0.132. The summed E-state index contributed by atoms with van der Waals surface area (Å²) in [7, 11) is 0. The maximum Gasteiger partial charge on any atom is 0.260 e. The molecule has 3 rings (SSSR count). The summed E-state index contributed by atoms with van der Waals surface area (Å²) in [6.07, 6.45) is -0.887. The van der Waals surface area contributed by atoms with Crippen LogP contribution >= 0.6 is 11.8 Å². The van der Waals surface area contributed by atoms with Crippen molar-refractivity contribution in [1.82, 2.24) is 4.90 Å². The molecule has 0 saturated carbocycles. The van der Waals surface area contributed by atoms with Gasteiger partial charge < -0.3 is 20.3 Å². The molecule has 2 aliphatic heterocycles. The third-order valence-corrected chi connectivity index (χ3v) is 4.49. The van der Waals surface area contributed by atoms with E-state index >= 15 is 0 Å². The summed E-state index contributed by atoms with van der Waals surface area (Å²) >= 11 is 1.48. The van der Waals surface area contributed by atoms with Gasteiger partial charge in [0.25, 0.3) is 5.91 Å². The smallest absolute Gasteiger partial charge is 0.260 e. The van der Waals surface area contributed by atoms with Crippen LogP contribution in [0.2, 0.25) is 0 Å². The van der Waals surface area contributed by atoms with Gasteiger partial charge in [-0.05, 0) is 12.1 Å². The van der Waals surface area contributed by atoms with Crippen molar-refractivity contribution in [2.45, 2.75) is 6.10 Å². The van der Waals surface area contributed by atoms with Crippen molar-refractivity contribution in [3.8, 4) is 5.75 Å². The number of fused-ring (bicyclic) bond motifs is 1. The van der Waals surface area contributed by atoms with Crippen LogP contribution in [0.15, 0.2) is 24.3 Å². The summed E-state index contributed by atoms with van der Waals surface area (Å²) in [6.45, 7) is 0.0476. The van der Waals surface area contributed by atoms with Crippen LogP contribution in [0.1, 0.15) is 0 Å². The van der Waals surface area contributed by atoms with Crippen molar-refractivity contribution in [2.24, 2.45) is 5.73 Å². The number of hydrogen-bond acceptors (Lipinski definition) is 5. The number of anilines is 1. The zero-order chi connectivity index (χ0) is 15.7. The molecule has 0 aromatic heterocycles. The fraction of sp³-hybridized carbons (Fsp3) is 0.357. The minimum atomic E-state index is -0.887. The van der Waals surface area contributed by atoms with Crippen LogP contribution in [0.25, 0.3) is 0 Å². The highest BCUT2D eigenvalue weighted by Crippen LogP contribution is 2.33. The van der Waals surface area contributed by atoms with Crippen LogP contribution in [0.5, 0.6) is 5.75 Å². The maximum atomic E-state index is 12.5. The molecule has 1 aromatic rings. The summed E-state index contributed by atoms with van der Waals surface area (Å²) in [5, 5.41) is 0. The molecule has 0 radical (unpaired) electrons. The molecule has 0 spiro atoms. The first-order valence-corrected chi connectivity index (χ1v) is 7.92. The lowest BCUT2D eigenvalue weighted by atomic mass is 10.1. The molecule has 0 bridgehead atoms. The second kappa shape index (κ2) is 5.88. The normalized spacial score (nSPS) is 20.5. The third-order valence-electron chi connectivity index (χ3n) is 3.54. The van der Waals surface area contributed by atoms with Crippen LogP contribution in [0.3, 0.4) is 0 Å². The zero-order valence-corrected chi connectivity index (χ0v) is 12.5. The quantitative estimate of drug-likeness (QED) is 0.832. The highest BCUT2D eigenvalue weighted by atomic mass is 32.2. The van der Waals surface area contributed by atoms with E-state index in [1.165, 1.54) is 21.6 Å². The zero-order valence-electron chi connectivity index (χ0n) is 11.7. The van der Waals surface area contributed by atoms with Crippen LogP contribution in [0, 0.1) is 0 Å². The van der Waals surface area contributed by atoms with Crippen molar-refractivity contribution < 1.29 is 19.1 Å². The van der Waals surface area contributed by atoms with Gasteiger partial charge in [0.2, 0.25) is 11.8 Å². The molecule has 22 heavy (non-hydrogen) atoms. The number of carbonyl (C=O) groups is 3. The Balaban J connectivity index is 1.83. The molecule has 2 heterocycles. The predicted octanol–water partition coefficient (Wildman–Crippen LogP) is -0.201. The molecule has 3 amide bonds. The molecule has 0 aliphatic carbocycles. The Morgan fingerprint density at radius 2 is 2.14 bits per heavy atom. The Kier molecular flexibility index (Phi) is 3.93. The number of rotatable bonds is 3. The molecular formula is C14H15N3O4S. The largest absolute Gasteiger partial charge is 0.477 e. The van der Waals surface area contributed by atoms with E-state index in [2.05, 4.69) is 0 Å². The molecule has 1 aromatic carbocycles. The van der Waals surface area contributed by atoms with Crippen LogP contribution < -0.4 is 15.4 Å². The first kappa shape index (κ1) is 14.7. The second-order valence-corrected chi connectivity index (χ2v) is 6.01. The summed E-state index contributed by atoms with van der Waals surface area (Å²) in [5.41, 5.74) is 5.89. The fourth-order valence-corrected chi connectivity index (χ4v) is 3.31. The Morgan fingerprint density at radius 1 is 1.36 bits per heavy atom. The molecule has 7 nitrogen and oxygen atoms in total. The maximum absolute atomic E-state index is 12.5. The lowest BCUT2D eigenvalue weighted by Crippen LogP contribution is -2.51. The van der Waals surface area contributed by atoms with E-state index in [0.717, 1.165) is 0 Å². The van der Waals surface area contributed by atoms with E-state index in [1.807, 2.05) is 0 Å². The summed E-state index contributed by atoms with van der Waals surface area (Å²) in [4.78, 5) is 38.6. The lowest BCUT2D eigenvalue weighted by Gasteiger charge is -2.34. The van der Waals surface area contributed by atoms with E-state index in [9.17, 15) is 14.4 Å². The molecule has 116 valence electrons. The van der Waals surface area contributed by atoms with Crippen molar-refractivity contribution in [2.75, 3.05) is 29.6 Å². The molecule has 1 atom stereocenters. The average molecular weight is 321 g/mol. The summed E-state index contributed by atoms with van der Waals surface area (Å²) in [6, 6.07) is 6.96. The average Bonchev–Trinajstić information content (AvgIpc) is 2.91. The first-order valence-electron chi connectivity index (χ1n) is 6.77. The number of ether oxygens (including phenoxy) is 1. The van der Waals surface area contributed by atoms with Gasteiger partial charge in [0, 0.05) is 0 Å². The third kappa shape index (κ3) is 2.74. The molecule has 1 fully saturated rings. The topological polar surface area (TPSA) is 92.9 Å².